The molecule has 198 valence electrons. The van der Waals surface area contributed by atoms with Crippen molar-refractivity contribution in [2.45, 2.75) is 37.4 Å². The van der Waals surface area contributed by atoms with Gasteiger partial charge in [-0.2, -0.15) is 0 Å². The highest BCUT2D eigenvalue weighted by Crippen LogP contribution is 2.36. The van der Waals surface area contributed by atoms with E-state index in [1.54, 1.807) is 18.6 Å². The second-order valence-corrected chi connectivity index (χ2v) is 12.9. The Balaban J connectivity index is 1.17. The monoisotopic (exact) mass is 554 g/mol. The number of nitrogens with zero attached hydrogens (tertiary/aromatic N) is 4. The molecule has 3 aromatic rings. The number of aromatic nitrogens is 2. The molecule has 11 heteroatoms. The first kappa shape index (κ1) is 25.4. The van der Waals surface area contributed by atoms with Crippen LogP contribution in [-0.2, 0) is 36.9 Å². The standard InChI is InChI=1S/C27H27ClN4O5S/c1-38(2,34)29-12-17-4-3-5-19(30-17)15-6-8-16(9-7-15)25-18(28)10-20-21(32-25)11-24(31-20)37-23-14-36-26-22(33)13-35-27(23)26/h3-10,22-23,26-27,33H,11-14H2,1-2H3/t22-,23-,26-,27-/m1/s1. The van der Waals surface area contributed by atoms with Crippen LogP contribution >= 0.6 is 11.6 Å². The lowest BCUT2D eigenvalue weighted by molar-refractivity contribution is 0.00558. The summed E-state index contributed by atoms with van der Waals surface area (Å²) in [6.45, 7) is 0.904. The number of aliphatic imine (C=N–C) groups is 1. The van der Waals surface area contributed by atoms with Gasteiger partial charge in [-0.1, -0.05) is 41.9 Å². The molecule has 3 aliphatic heterocycles. The van der Waals surface area contributed by atoms with E-state index in [1.165, 1.54) is 0 Å². The minimum Gasteiger partial charge on any atom is -0.472 e. The fraction of sp³-hybridized carbons (Fsp3) is 0.370. The number of halogens is 1. The van der Waals surface area contributed by atoms with E-state index >= 15 is 0 Å². The topological polar surface area (TPSA) is 115 Å². The number of hydrogen-bond donors (Lipinski definition) is 1. The number of aliphatic hydroxyl groups excluding tert-OH is 1. The maximum Gasteiger partial charge on any atom is 0.195 e. The minimum absolute atomic E-state index is 0.249. The fourth-order valence-electron chi connectivity index (χ4n) is 4.80. The lowest BCUT2D eigenvalue weighted by Crippen LogP contribution is -2.34. The van der Waals surface area contributed by atoms with Crippen LogP contribution < -0.4 is 0 Å². The average molecular weight is 555 g/mol. The molecule has 0 bridgehead atoms. The van der Waals surface area contributed by atoms with E-state index in [4.69, 9.17) is 30.8 Å². The van der Waals surface area contributed by atoms with Gasteiger partial charge in [0.15, 0.2) is 12.0 Å². The third-order valence-electron chi connectivity index (χ3n) is 6.66. The van der Waals surface area contributed by atoms with Gasteiger partial charge in [0.05, 0.1) is 59.7 Å². The molecule has 1 N–H and O–H groups in total. The van der Waals surface area contributed by atoms with Crippen LogP contribution in [0.1, 0.15) is 11.4 Å². The quantitative estimate of drug-likeness (QED) is 0.509. The van der Waals surface area contributed by atoms with Crippen LogP contribution in [0.3, 0.4) is 0 Å². The Labute approximate surface area is 226 Å². The molecule has 3 aliphatic rings. The predicted octanol–water partition coefficient (Wildman–Crippen LogP) is 3.82. The Morgan fingerprint density at radius 2 is 1.84 bits per heavy atom. The summed E-state index contributed by atoms with van der Waals surface area (Å²) in [5, 5.41) is 10.5. The second-order valence-electron chi connectivity index (χ2n) is 9.85. The Morgan fingerprint density at radius 3 is 2.63 bits per heavy atom. The van der Waals surface area contributed by atoms with Crippen LogP contribution in [0.5, 0.6) is 0 Å². The van der Waals surface area contributed by atoms with E-state index in [1.807, 2.05) is 42.5 Å². The normalized spacial score (nSPS) is 24.2. The molecule has 0 unspecified atom stereocenters. The molecule has 9 nitrogen and oxygen atoms in total. The zero-order valence-electron chi connectivity index (χ0n) is 20.9. The van der Waals surface area contributed by atoms with Crippen LogP contribution in [0.4, 0.5) is 5.69 Å². The van der Waals surface area contributed by atoms with E-state index in [-0.39, 0.29) is 24.9 Å². The molecule has 0 saturated carbocycles. The number of ether oxygens (including phenoxy) is 3. The van der Waals surface area contributed by atoms with Crippen molar-refractivity contribution in [3.63, 3.8) is 0 Å². The summed E-state index contributed by atoms with van der Waals surface area (Å²) in [5.74, 6) is 0.537. The molecule has 0 aliphatic carbocycles. The van der Waals surface area contributed by atoms with Gasteiger partial charge in [-0.05, 0) is 18.2 Å². The molecule has 38 heavy (non-hydrogen) atoms. The largest absolute Gasteiger partial charge is 0.472 e. The maximum atomic E-state index is 11.9. The van der Waals surface area contributed by atoms with Gasteiger partial charge in [-0.25, -0.2) is 14.3 Å². The van der Waals surface area contributed by atoms with Crippen molar-refractivity contribution in [1.82, 2.24) is 9.97 Å². The summed E-state index contributed by atoms with van der Waals surface area (Å²) in [7, 11) is -2.18. The molecule has 1 aromatic carbocycles. The van der Waals surface area contributed by atoms with Gasteiger partial charge < -0.3 is 19.3 Å². The van der Waals surface area contributed by atoms with E-state index in [0.29, 0.717) is 41.9 Å². The first-order chi connectivity index (χ1) is 18.2. The number of hydrogen-bond acceptors (Lipinski definition) is 9. The summed E-state index contributed by atoms with van der Waals surface area (Å²) < 4.78 is 33.5. The molecule has 4 atom stereocenters. The van der Waals surface area contributed by atoms with Crippen LogP contribution in [0.2, 0.25) is 5.02 Å². The second kappa shape index (κ2) is 10.0. The first-order valence-corrected chi connectivity index (χ1v) is 15.0. The highest BCUT2D eigenvalue weighted by Gasteiger charge is 2.49. The van der Waals surface area contributed by atoms with Crippen LogP contribution in [0.15, 0.2) is 57.9 Å². The highest BCUT2D eigenvalue weighted by atomic mass is 35.5. The number of benzene rings is 1. The number of fused-ring (bicyclic) bond motifs is 2. The molecule has 2 saturated heterocycles. The van der Waals surface area contributed by atoms with Crippen molar-refractivity contribution in [2.24, 2.45) is 9.36 Å². The van der Waals surface area contributed by atoms with Gasteiger partial charge in [0.1, 0.15) is 18.3 Å². The van der Waals surface area contributed by atoms with Gasteiger partial charge in [0.25, 0.3) is 0 Å². The van der Waals surface area contributed by atoms with Crippen molar-refractivity contribution < 1.29 is 23.5 Å². The predicted molar refractivity (Wildman–Crippen MR) is 145 cm³/mol. The number of aliphatic hydroxyl groups is 1. The van der Waals surface area contributed by atoms with Gasteiger partial charge in [0, 0.05) is 33.4 Å². The smallest absolute Gasteiger partial charge is 0.195 e. The average Bonchev–Trinajstić information content (AvgIpc) is 3.59. The molecule has 5 heterocycles. The Hall–Kier alpha value is -2.89. The third-order valence-corrected chi connectivity index (χ3v) is 7.70. The van der Waals surface area contributed by atoms with Crippen molar-refractivity contribution >= 4 is 32.9 Å². The summed E-state index contributed by atoms with van der Waals surface area (Å²) in [6.07, 6.45) is 2.07. The van der Waals surface area contributed by atoms with Crippen molar-refractivity contribution in [3.05, 3.63) is 64.9 Å². The van der Waals surface area contributed by atoms with E-state index in [0.717, 1.165) is 28.2 Å². The lowest BCUT2D eigenvalue weighted by atomic mass is 10.1. The van der Waals surface area contributed by atoms with Crippen LogP contribution in [0, 0.1) is 0 Å². The van der Waals surface area contributed by atoms with E-state index in [9.17, 15) is 9.32 Å². The molecule has 2 fully saturated rings. The van der Waals surface area contributed by atoms with Crippen LogP contribution in [-0.4, -0.2) is 75.3 Å². The summed E-state index contributed by atoms with van der Waals surface area (Å²) in [4.78, 5) is 14.0. The number of pyridine rings is 2. The Kier molecular flexibility index (Phi) is 6.69. The molecule has 0 spiro atoms. The Bertz CT molecular complexity index is 1530. The van der Waals surface area contributed by atoms with Crippen molar-refractivity contribution in [1.29, 1.82) is 0 Å². The van der Waals surface area contributed by atoms with Gasteiger partial charge in [-0.3, -0.25) is 9.19 Å². The van der Waals surface area contributed by atoms with Crippen molar-refractivity contribution in [2.75, 3.05) is 25.7 Å². The molecule has 6 rings (SSSR count). The SMILES string of the molecule is CS(C)(=O)=NCc1cccc(-c2ccc(-c3nc4c(cc3Cl)N=C(O[C@@H]3CO[C@H]5[C@@H]3OC[C@H]5O)C4)cc2)n1. The number of rotatable bonds is 5. The Morgan fingerprint density at radius 1 is 1.08 bits per heavy atom. The lowest BCUT2D eigenvalue weighted by Gasteiger charge is -2.17. The summed E-state index contributed by atoms with van der Waals surface area (Å²) >= 11 is 6.61. The molecular formula is C27H27ClN4O5S. The summed E-state index contributed by atoms with van der Waals surface area (Å²) in [5.41, 5.74) is 5.52. The molecule has 0 amide bonds. The first-order valence-electron chi connectivity index (χ1n) is 12.3. The van der Waals surface area contributed by atoms with E-state index in [2.05, 4.69) is 14.3 Å². The van der Waals surface area contributed by atoms with Gasteiger partial charge >= 0.3 is 0 Å². The molecule has 0 radical (unpaired) electrons. The molecular weight excluding hydrogens is 528 g/mol. The van der Waals surface area contributed by atoms with E-state index < -0.39 is 15.8 Å². The summed E-state index contributed by atoms with van der Waals surface area (Å²) in [6, 6.07) is 15.4. The van der Waals surface area contributed by atoms with Gasteiger partial charge in [0.2, 0.25) is 0 Å². The highest BCUT2D eigenvalue weighted by molar-refractivity contribution is 7.92. The maximum absolute atomic E-state index is 11.9. The zero-order chi connectivity index (χ0) is 26.4. The zero-order valence-corrected chi connectivity index (χ0v) is 22.5. The third kappa shape index (κ3) is 5.19. The minimum atomic E-state index is -2.18. The van der Waals surface area contributed by atoms with Crippen molar-refractivity contribution in [3.8, 4) is 22.5 Å². The fourth-order valence-corrected chi connectivity index (χ4v) is 5.50. The van der Waals surface area contributed by atoms with Gasteiger partial charge in [-0.15, -0.1) is 0 Å². The van der Waals surface area contributed by atoms with Crippen LogP contribution in [0.25, 0.3) is 22.5 Å². The molecule has 2 aromatic heterocycles.